The maximum Gasteiger partial charge on any atom is 0.143 e. The number of fused-ring (bicyclic) bond motifs is 4. The van der Waals surface area contributed by atoms with Crippen LogP contribution in [0.4, 0.5) is 0 Å². The quantitative estimate of drug-likeness (QED) is 0.190. The molecule has 0 amide bonds. The molecule has 1 heteroatoms. The van der Waals surface area contributed by atoms with Crippen molar-refractivity contribution in [2.45, 2.75) is 0 Å². The van der Waals surface area contributed by atoms with Crippen molar-refractivity contribution in [3.8, 4) is 44.7 Å². The summed E-state index contributed by atoms with van der Waals surface area (Å²) < 4.78 is 50.2. The van der Waals surface area contributed by atoms with Crippen molar-refractivity contribution in [1.82, 2.24) is 0 Å². The Morgan fingerprint density at radius 1 is 0.400 bits per heavy atom. The van der Waals surface area contributed by atoms with E-state index in [4.69, 9.17) is 11.3 Å². The third kappa shape index (κ3) is 4.09. The number of rotatable bonds is 4. The molecule has 45 heavy (non-hydrogen) atoms. The third-order valence-corrected chi connectivity index (χ3v) is 8.76. The van der Waals surface area contributed by atoms with E-state index in [9.17, 15) is 0 Å². The summed E-state index contributed by atoms with van der Waals surface area (Å²) in [7, 11) is 0. The Balaban J connectivity index is 1.44. The molecule has 0 aliphatic heterocycles. The van der Waals surface area contributed by atoms with Gasteiger partial charge in [0.15, 0.2) is 0 Å². The van der Waals surface area contributed by atoms with Gasteiger partial charge in [0, 0.05) is 22.1 Å². The second kappa shape index (κ2) is 10.4. The van der Waals surface area contributed by atoms with Gasteiger partial charge in [0.2, 0.25) is 0 Å². The van der Waals surface area contributed by atoms with Gasteiger partial charge in [0.1, 0.15) is 11.3 Å². The van der Waals surface area contributed by atoms with Crippen LogP contribution in [-0.4, -0.2) is 0 Å². The van der Waals surface area contributed by atoms with E-state index in [0.717, 1.165) is 65.5 Å². The molecule has 0 unspecified atom stereocenters. The molecule has 9 rings (SSSR count). The maximum absolute atomic E-state index is 9.01. The highest BCUT2D eigenvalue weighted by Crippen LogP contribution is 2.50. The molecular formula is C44H28O. The van der Waals surface area contributed by atoms with Gasteiger partial charge in [-0.05, 0) is 66.7 Å². The Morgan fingerprint density at radius 2 is 1.00 bits per heavy atom. The highest BCUT2D eigenvalue weighted by molar-refractivity contribution is 6.25. The lowest BCUT2D eigenvalue weighted by molar-refractivity contribution is 0.632. The minimum Gasteiger partial charge on any atom is -0.455 e. The zero-order valence-electron chi connectivity index (χ0n) is 29.2. The minimum atomic E-state index is -0.442. The van der Waals surface area contributed by atoms with E-state index in [1.165, 1.54) is 0 Å². The van der Waals surface area contributed by atoms with Gasteiger partial charge in [-0.15, -0.1) is 0 Å². The molecule has 210 valence electrons. The van der Waals surface area contributed by atoms with Crippen LogP contribution in [0.2, 0.25) is 0 Å². The molecule has 0 fully saturated rings. The molecule has 0 saturated heterocycles. The summed E-state index contributed by atoms with van der Waals surface area (Å²) >= 11 is 0. The zero-order chi connectivity index (χ0) is 34.1. The normalized spacial score (nSPS) is 13.1. The summed E-state index contributed by atoms with van der Waals surface area (Å²) in [5, 5.41) is 7.06. The van der Waals surface area contributed by atoms with Crippen LogP contribution in [0.25, 0.3) is 88.0 Å². The average Bonchev–Trinajstić information content (AvgIpc) is 3.53. The van der Waals surface area contributed by atoms with Gasteiger partial charge < -0.3 is 4.42 Å². The molecule has 8 aromatic carbocycles. The molecule has 0 atom stereocenters. The summed E-state index contributed by atoms with van der Waals surface area (Å²) in [6.07, 6.45) is 0. The molecule has 0 bridgehead atoms. The second-order valence-corrected chi connectivity index (χ2v) is 11.3. The van der Waals surface area contributed by atoms with E-state index < -0.39 is 18.1 Å². The van der Waals surface area contributed by atoms with Gasteiger partial charge >= 0.3 is 0 Å². The molecule has 0 aliphatic rings. The zero-order valence-corrected chi connectivity index (χ0v) is 24.2. The molecule has 0 saturated carbocycles. The SMILES string of the molecule is [2H]c1c([2H])c([2H])c(-c2oc3cc(-c4cccc5ccccc45)ccc3c2-c2c3ccccc3c(-c3ccccc3)c3ccccc23)c([2H])c1[2H]. The molecule has 0 radical (unpaired) electrons. The predicted molar refractivity (Wildman–Crippen MR) is 190 cm³/mol. The van der Waals surface area contributed by atoms with Gasteiger partial charge in [-0.3, -0.25) is 0 Å². The topological polar surface area (TPSA) is 13.1 Å². The van der Waals surface area contributed by atoms with Crippen LogP contribution in [0.3, 0.4) is 0 Å². The smallest absolute Gasteiger partial charge is 0.143 e. The summed E-state index contributed by atoms with van der Waals surface area (Å²) in [4.78, 5) is 0. The van der Waals surface area contributed by atoms with E-state index >= 15 is 0 Å². The van der Waals surface area contributed by atoms with Crippen LogP contribution in [0.5, 0.6) is 0 Å². The van der Waals surface area contributed by atoms with Crippen molar-refractivity contribution >= 4 is 43.3 Å². The van der Waals surface area contributed by atoms with Crippen LogP contribution in [-0.2, 0) is 0 Å². The first-order valence-corrected chi connectivity index (χ1v) is 15.0. The number of hydrogen-bond donors (Lipinski definition) is 0. The fourth-order valence-electron chi connectivity index (χ4n) is 6.84. The molecule has 9 aromatic rings. The lowest BCUT2D eigenvalue weighted by atomic mass is 9.84. The lowest BCUT2D eigenvalue weighted by Crippen LogP contribution is -1.91. The maximum atomic E-state index is 9.01. The molecule has 1 aromatic heterocycles. The van der Waals surface area contributed by atoms with Crippen molar-refractivity contribution in [1.29, 1.82) is 0 Å². The monoisotopic (exact) mass is 577 g/mol. The molecule has 1 nitrogen and oxygen atoms in total. The van der Waals surface area contributed by atoms with Gasteiger partial charge in [-0.25, -0.2) is 0 Å². The lowest BCUT2D eigenvalue weighted by Gasteiger charge is -2.18. The van der Waals surface area contributed by atoms with Gasteiger partial charge in [0.25, 0.3) is 0 Å². The minimum absolute atomic E-state index is 0.0363. The number of benzene rings is 8. The Morgan fingerprint density at radius 3 is 1.71 bits per heavy atom. The van der Waals surface area contributed by atoms with Crippen molar-refractivity contribution in [3.63, 3.8) is 0 Å². The van der Waals surface area contributed by atoms with Crippen molar-refractivity contribution < 1.29 is 11.3 Å². The van der Waals surface area contributed by atoms with Crippen LogP contribution in [0, 0.1) is 0 Å². The average molecular weight is 578 g/mol. The van der Waals surface area contributed by atoms with E-state index in [1.54, 1.807) is 0 Å². The van der Waals surface area contributed by atoms with Crippen LogP contribution >= 0.6 is 0 Å². The van der Waals surface area contributed by atoms with Gasteiger partial charge in [-0.2, -0.15) is 0 Å². The second-order valence-electron chi connectivity index (χ2n) is 11.3. The molecule has 0 N–H and O–H groups in total. The third-order valence-electron chi connectivity index (χ3n) is 8.76. The Hall–Kier alpha value is -5.92. The van der Waals surface area contributed by atoms with Crippen LogP contribution in [0.1, 0.15) is 6.85 Å². The Bertz CT molecular complexity index is 2730. The summed E-state index contributed by atoms with van der Waals surface area (Å²) in [6, 6.07) is 45.6. The number of furan rings is 1. The van der Waals surface area contributed by atoms with Gasteiger partial charge in [0.05, 0.1) is 6.85 Å². The highest BCUT2D eigenvalue weighted by Gasteiger charge is 2.24. The van der Waals surface area contributed by atoms with E-state index in [1.807, 2.05) is 72.8 Å². The fraction of sp³-hybridized carbons (Fsp3) is 0. The van der Waals surface area contributed by atoms with E-state index in [2.05, 4.69) is 66.7 Å². The first kappa shape index (κ1) is 20.9. The van der Waals surface area contributed by atoms with Crippen LogP contribution < -0.4 is 0 Å². The van der Waals surface area contributed by atoms with Gasteiger partial charge in [-0.1, -0.05) is 158 Å². The summed E-state index contributed by atoms with van der Waals surface area (Å²) in [5.74, 6) is 0.245. The van der Waals surface area contributed by atoms with Crippen molar-refractivity contribution in [2.24, 2.45) is 0 Å². The molecule has 0 spiro atoms. The first-order valence-electron chi connectivity index (χ1n) is 17.5. The largest absolute Gasteiger partial charge is 0.455 e. The van der Waals surface area contributed by atoms with Crippen molar-refractivity contribution in [2.75, 3.05) is 0 Å². The Labute approximate surface area is 268 Å². The standard InChI is InChI=1S/C44H28O/c1-3-15-30(16-4-1)41-35-21-9-11-23-37(35)42(38-24-12-10-22-36(38)41)43-39-27-26-32(34-25-13-19-29-14-7-8-20-33(29)34)28-40(39)45-44(43)31-17-5-2-6-18-31/h1-28H/i2D,5D,6D,17D,18D. The fourth-order valence-corrected chi connectivity index (χ4v) is 6.84. The predicted octanol–water partition coefficient (Wildman–Crippen LogP) is 12.6. The van der Waals surface area contributed by atoms with Crippen molar-refractivity contribution in [3.05, 3.63) is 170 Å². The summed E-state index contributed by atoms with van der Waals surface area (Å²) in [6.45, 7) is 0. The number of hydrogen-bond acceptors (Lipinski definition) is 1. The molecule has 0 aliphatic carbocycles. The molecule has 1 heterocycles. The summed E-state index contributed by atoms with van der Waals surface area (Å²) in [5.41, 5.74) is 6.38. The highest BCUT2D eigenvalue weighted by atomic mass is 16.3. The van der Waals surface area contributed by atoms with Crippen LogP contribution in [0.15, 0.2) is 174 Å². The van der Waals surface area contributed by atoms with E-state index in [-0.39, 0.29) is 23.4 Å². The first-order chi connectivity index (χ1) is 24.4. The Kier molecular flexibility index (Phi) is 4.81. The van der Waals surface area contributed by atoms with E-state index in [0.29, 0.717) is 11.1 Å². The molecular weight excluding hydrogens is 544 g/mol.